The number of fused-ring (bicyclic) bond motifs is 3. The highest BCUT2D eigenvalue weighted by atomic mass is 32.1. The highest BCUT2D eigenvalue weighted by Gasteiger charge is 2.21. The molecule has 0 unspecified atom stereocenters. The van der Waals surface area contributed by atoms with Gasteiger partial charge >= 0.3 is 17.8 Å². The molecule has 0 saturated heterocycles. The van der Waals surface area contributed by atoms with Gasteiger partial charge in [-0.2, -0.15) is 0 Å². The average molecular weight is 381 g/mol. The summed E-state index contributed by atoms with van der Waals surface area (Å²) >= 11 is 0.996. The molecule has 8 heteroatoms. The number of para-hydroxylation sites is 1. The number of hydrogen-bond donors (Lipinski definition) is 3. The molecule has 4 rings (SSSR count). The third kappa shape index (κ3) is 2.91. The monoisotopic (exact) mass is 381 g/mol. The van der Waals surface area contributed by atoms with Crippen molar-refractivity contribution in [3.63, 3.8) is 0 Å². The predicted octanol–water partition coefficient (Wildman–Crippen LogP) is 4.04. The summed E-state index contributed by atoms with van der Waals surface area (Å²) in [5.41, 5.74) is 2.02. The van der Waals surface area contributed by atoms with Crippen molar-refractivity contribution in [1.82, 2.24) is 0 Å². The first kappa shape index (κ1) is 16.8. The van der Waals surface area contributed by atoms with Gasteiger partial charge in [0.05, 0.1) is 5.56 Å². The number of hydrogen-bond acceptors (Lipinski definition) is 5. The molecule has 2 aromatic heterocycles. The highest BCUT2D eigenvalue weighted by Crippen LogP contribution is 2.38. The molecule has 2 aromatic carbocycles. The van der Waals surface area contributed by atoms with Crippen LogP contribution in [0.2, 0.25) is 0 Å². The van der Waals surface area contributed by atoms with E-state index in [1.54, 1.807) is 12.1 Å². The molecule has 0 fully saturated rings. The van der Waals surface area contributed by atoms with Gasteiger partial charge in [0.1, 0.15) is 16.2 Å². The number of benzene rings is 2. The molecular weight excluding hydrogens is 370 g/mol. The molecule has 0 aliphatic carbocycles. The number of carboxylic acids is 2. The Kier molecular flexibility index (Phi) is 3.89. The number of carboxylic acid groups (broad SMARTS) is 2. The Hall–Kier alpha value is -3.65. The van der Waals surface area contributed by atoms with Gasteiger partial charge in [0.15, 0.2) is 0 Å². The van der Waals surface area contributed by atoms with Gasteiger partial charge in [-0.1, -0.05) is 18.2 Å². The summed E-state index contributed by atoms with van der Waals surface area (Å²) in [6.45, 7) is 0. The van der Waals surface area contributed by atoms with Crippen molar-refractivity contribution in [2.45, 2.75) is 0 Å². The first-order valence-corrected chi connectivity index (χ1v) is 8.59. The Morgan fingerprint density at radius 1 is 0.926 bits per heavy atom. The maximum absolute atomic E-state index is 11.5. The zero-order valence-corrected chi connectivity index (χ0v) is 14.4. The number of aromatic carboxylic acids is 1. The Morgan fingerprint density at radius 2 is 1.67 bits per heavy atom. The van der Waals surface area contributed by atoms with Crippen molar-refractivity contribution in [3.05, 3.63) is 54.1 Å². The van der Waals surface area contributed by atoms with Crippen LogP contribution in [0.15, 0.2) is 52.9 Å². The lowest BCUT2D eigenvalue weighted by molar-refractivity contribution is -0.147. The molecule has 134 valence electrons. The van der Waals surface area contributed by atoms with E-state index >= 15 is 0 Å². The molecule has 0 aliphatic heterocycles. The molecule has 4 aromatic rings. The number of aliphatic carboxylic acids is 1. The van der Waals surface area contributed by atoms with Crippen LogP contribution in [0, 0.1) is 0 Å². The van der Waals surface area contributed by atoms with Crippen LogP contribution in [-0.2, 0) is 9.59 Å². The average Bonchev–Trinajstić information content (AvgIpc) is 3.22. The van der Waals surface area contributed by atoms with Crippen LogP contribution in [-0.4, -0.2) is 28.1 Å². The van der Waals surface area contributed by atoms with Crippen LogP contribution in [0.3, 0.4) is 0 Å². The second-order valence-corrected chi connectivity index (χ2v) is 6.78. The second-order valence-electron chi connectivity index (χ2n) is 5.73. The summed E-state index contributed by atoms with van der Waals surface area (Å²) < 4.78 is 5.78. The van der Waals surface area contributed by atoms with E-state index < -0.39 is 17.8 Å². The van der Waals surface area contributed by atoms with Crippen LogP contribution in [0.1, 0.15) is 10.4 Å². The number of furan rings is 1. The van der Waals surface area contributed by atoms with E-state index in [1.807, 2.05) is 30.3 Å². The van der Waals surface area contributed by atoms with Gasteiger partial charge in [-0.05, 0) is 35.9 Å². The number of anilines is 1. The first-order chi connectivity index (χ1) is 12.9. The Labute approximate surface area is 155 Å². The van der Waals surface area contributed by atoms with Crippen molar-refractivity contribution in [1.29, 1.82) is 0 Å². The molecular formula is C19H11NO6S. The molecule has 0 bridgehead atoms. The fourth-order valence-corrected chi connectivity index (χ4v) is 3.86. The molecule has 0 radical (unpaired) electrons. The number of thiophene rings is 1. The second kappa shape index (κ2) is 6.26. The van der Waals surface area contributed by atoms with Crippen LogP contribution in [0.5, 0.6) is 0 Å². The van der Waals surface area contributed by atoms with E-state index in [-0.39, 0.29) is 10.6 Å². The van der Waals surface area contributed by atoms with Crippen LogP contribution in [0.4, 0.5) is 5.00 Å². The maximum Gasteiger partial charge on any atom is 0.394 e. The normalized spacial score (nSPS) is 11.0. The zero-order valence-electron chi connectivity index (χ0n) is 13.6. The molecule has 27 heavy (non-hydrogen) atoms. The summed E-state index contributed by atoms with van der Waals surface area (Å²) in [6.07, 6.45) is 0. The summed E-state index contributed by atoms with van der Waals surface area (Å²) in [7, 11) is 0. The van der Waals surface area contributed by atoms with Crippen molar-refractivity contribution in [2.75, 3.05) is 5.32 Å². The van der Waals surface area contributed by atoms with Gasteiger partial charge in [0, 0.05) is 15.6 Å². The maximum atomic E-state index is 11.5. The Balaban J connectivity index is 1.83. The van der Waals surface area contributed by atoms with Crippen LogP contribution >= 0.6 is 11.3 Å². The fraction of sp³-hybridized carbons (Fsp3) is 0. The first-order valence-electron chi connectivity index (χ1n) is 7.77. The summed E-state index contributed by atoms with van der Waals surface area (Å²) in [5.74, 6) is -4.23. The molecule has 0 aliphatic rings. The molecule has 0 atom stereocenters. The summed E-state index contributed by atoms with van der Waals surface area (Å²) in [6, 6.07) is 14.4. The number of nitrogens with one attached hydrogen (secondary N) is 1. The molecule has 0 spiro atoms. The lowest BCUT2D eigenvalue weighted by Gasteiger charge is -1.99. The topological polar surface area (TPSA) is 117 Å². The Bertz CT molecular complexity index is 1240. The van der Waals surface area contributed by atoms with Crippen molar-refractivity contribution < 1.29 is 29.0 Å². The van der Waals surface area contributed by atoms with E-state index in [2.05, 4.69) is 5.32 Å². The van der Waals surface area contributed by atoms with Gasteiger partial charge in [-0.15, -0.1) is 11.3 Å². The fourth-order valence-electron chi connectivity index (χ4n) is 2.82. The van der Waals surface area contributed by atoms with Gasteiger partial charge in [-0.25, -0.2) is 9.59 Å². The molecule has 2 heterocycles. The quantitative estimate of drug-likeness (QED) is 0.461. The molecule has 0 saturated carbocycles. The van der Waals surface area contributed by atoms with Crippen molar-refractivity contribution in [3.8, 4) is 10.4 Å². The number of amides is 1. The zero-order chi connectivity index (χ0) is 19.1. The molecule has 3 N–H and O–H groups in total. The largest absolute Gasteiger partial charge is 0.478 e. The van der Waals surface area contributed by atoms with Gasteiger partial charge < -0.3 is 19.9 Å². The van der Waals surface area contributed by atoms with E-state index in [9.17, 15) is 19.5 Å². The van der Waals surface area contributed by atoms with Gasteiger partial charge in [-0.3, -0.25) is 4.79 Å². The van der Waals surface area contributed by atoms with Crippen molar-refractivity contribution in [2.24, 2.45) is 0 Å². The SMILES string of the molecule is O=C(O)C(=O)Nc1sc(-c2ccc3oc4ccccc4c3c2)cc1C(=O)O. The minimum absolute atomic E-state index is 0.0259. The van der Waals surface area contributed by atoms with Crippen LogP contribution < -0.4 is 5.32 Å². The van der Waals surface area contributed by atoms with Crippen molar-refractivity contribution >= 4 is 56.1 Å². The Morgan fingerprint density at radius 3 is 2.41 bits per heavy atom. The smallest absolute Gasteiger partial charge is 0.394 e. The minimum Gasteiger partial charge on any atom is -0.478 e. The number of carbonyl (C=O) groups is 3. The summed E-state index contributed by atoms with van der Waals surface area (Å²) in [5, 5.41) is 22.0. The third-order valence-corrected chi connectivity index (χ3v) is 5.14. The van der Waals surface area contributed by atoms with E-state index in [0.29, 0.717) is 10.5 Å². The van der Waals surface area contributed by atoms with Crippen LogP contribution in [0.25, 0.3) is 32.4 Å². The number of carbonyl (C=O) groups excluding carboxylic acids is 1. The third-order valence-electron chi connectivity index (χ3n) is 4.05. The predicted molar refractivity (Wildman–Crippen MR) is 100 cm³/mol. The van der Waals surface area contributed by atoms with Gasteiger partial charge in [0.25, 0.3) is 0 Å². The van der Waals surface area contributed by atoms with E-state index in [0.717, 1.165) is 33.3 Å². The van der Waals surface area contributed by atoms with Gasteiger partial charge in [0.2, 0.25) is 0 Å². The lowest BCUT2D eigenvalue weighted by atomic mass is 10.1. The standard InChI is InChI=1S/C19H11NO6S/c21-16(19(24)25)20-17-12(18(22)23)8-15(27-17)9-5-6-14-11(7-9)10-3-1-2-4-13(10)26-14/h1-8H,(H,20,21)(H,22,23)(H,24,25). The number of rotatable bonds is 3. The highest BCUT2D eigenvalue weighted by molar-refractivity contribution is 7.20. The minimum atomic E-state index is -1.69. The molecule has 1 amide bonds. The van der Waals surface area contributed by atoms with E-state index in [4.69, 9.17) is 9.52 Å². The molecule has 7 nitrogen and oxygen atoms in total. The van der Waals surface area contributed by atoms with E-state index in [1.165, 1.54) is 6.07 Å². The lowest BCUT2D eigenvalue weighted by Crippen LogP contribution is -2.22. The summed E-state index contributed by atoms with van der Waals surface area (Å²) in [4.78, 5) is 34.2.